The van der Waals surface area contributed by atoms with Gasteiger partial charge in [-0.3, -0.25) is 19.3 Å². The van der Waals surface area contributed by atoms with Crippen LogP contribution in [0.15, 0.2) is 42.5 Å². The number of allylic oxidation sites excluding steroid dienone is 2. The van der Waals surface area contributed by atoms with E-state index in [1.807, 2.05) is 35.2 Å². The van der Waals surface area contributed by atoms with Crippen LogP contribution in [0, 0.1) is 23.7 Å². The van der Waals surface area contributed by atoms with Gasteiger partial charge in [-0.15, -0.1) is 0 Å². The Morgan fingerprint density at radius 2 is 1.50 bits per heavy atom. The summed E-state index contributed by atoms with van der Waals surface area (Å²) in [4.78, 5) is 43.5. The molecule has 2 fully saturated rings. The van der Waals surface area contributed by atoms with E-state index in [9.17, 15) is 14.4 Å². The molecule has 5 nitrogen and oxygen atoms in total. The van der Waals surface area contributed by atoms with Crippen LogP contribution in [-0.4, -0.2) is 40.6 Å². The summed E-state index contributed by atoms with van der Waals surface area (Å²) < 4.78 is 0. The summed E-state index contributed by atoms with van der Waals surface area (Å²) in [6.45, 7) is 5.53. The van der Waals surface area contributed by atoms with E-state index in [0.29, 0.717) is 13.1 Å². The number of hydrogen-bond acceptors (Lipinski definition) is 3. The normalized spacial score (nSPS) is 28.0. The fourth-order valence-electron chi connectivity index (χ4n) is 5.63. The molecule has 0 N–H and O–H groups in total. The highest BCUT2D eigenvalue weighted by Gasteiger charge is 2.58. The molecule has 1 saturated carbocycles. The molecule has 0 spiro atoms. The van der Waals surface area contributed by atoms with E-state index >= 15 is 0 Å². The first-order valence-corrected chi connectivity index (χ1v) is 11.4. The van der Waals surface area contributed by atoms with Gasteiger partial charge < -0.3 is 4.90 Å². The maximum atomic E-state index is 13.5. The van der Waals surface area contributed by atoms with E-state index in [4.69, 9.17) is 0 Å². The predicted octanol–water partition coefficient (Wildman–Crippen LogP) is 3.96. The summed E-state index contributed by atoms with van der Waals surface area (Å²) in [7, 11) is 0. The molecule has 1 heterocycles. The summed E-state index contributed by atoms with van der Waals surface area (Å²) in [5.41, 5.74) is 0.861. The maximum Gasteiger partial charge on any atom is 0.234 e. The summed E-state index contributed by atoms with van der Waals surface area (Å²) in [5, 5.41) is 0. The lowest BCUT2D eigenvalue weighted by Crippen LogP contribution is -2.40. The molecule has 4 aliphatic rings. The van der Waals surface area contributed by atoms with E-state index in [0.717, 1.165) is 31.2 Å². The van der Waals surface area contributed by atoms with Crippen molar-refractivity contribution in [3.05, 3.63) is 48.0 Å². The molecule has 0 aromatic heterocycles. The Bertz CT molecular complexity index is 796. The first kappa shape index (κ1) is 20.8. The number of carbonyl (C=O) groups is 3. The largest absolute Gasteiger partial charge is 0.343 e. The van der Waals surface area contributed by atoms with Crippen LogP contribution >= 0.6 is 0 Å². The molecule has 1 aromatic carbocycles. The van der Waals surface area contributed by atoms with Gasteiger partial charge in [0.05, 0.1) is 24.3 Å². The Balaban J connectivity index is 1.65. The van der Waals surface area contributed by atoms with Gasteiger partial charge in [0.1, 0.15) is 0 Å². The number of nitrogens with zero attached hydrogens (tertiary/aromatic N) is 2. The second-order valence-electron chi connectivity index (χ2n) is 8.90. The zero-order chi connectivity index (χ0) is 21.3. The molecule has 160 valence electrons. The first-order chi connectivity index (χ1) is 14.6. The van der Waals surface area contributed by atoms with Crippen molar-refractivity contribution >= 4 is 17.7 Å². The fraction of sp³-hybridized carbons (Fsp3) is 0.560. The molecule has 3 amide bonds. The zero-order valence-corrected chi connectivity index (χ0v) is 18.0. The van der Waals surface area contributed by atoms with Gasteiger partial charge in [-0.1, -0.05) is 56.3 Å². The second kappa shape index (κ2) is 8.75. The van der Waals surface area contributed by atoms with Crippen molar-refractivity contribution < 1.29 is 14.4 Å². The van der Waals surface area contributed by atoms with E-state index in [-0.39, 0.29) is 47.8 Å². The number of hydrogen-bond donors (Lipinski definition) is 0. The van der Waals surface area contributed by atoms with E-state index < -0.39 is 6.04 Å². The van der Waals surface area contributed by atoms with Crippen LogP contribution in [0.2, 0.25) is 0 Å². The molecule has 5 heteroatoms. The average Bonchev–Trinajstić information content (AvgIpc) is 3.05. The maximum absolute atomic E-state index is 13.5. The van der Waals surface area contributed by atoms with Gasteiger partial charge in [-0.05, 0) is 43.1 Å². The van der Waals surface area contributed by atoms with Gasteiger partial charge >= 0.3 is 0 Å². The monoisotopic (exact) mass is 408 g/mol. The van der Waals surface area contributed by atoms with E-state index in [2.05, 4.69) is 26.0 Å². The molecule has 30 heavy (non-hydrogen) atoms. The van der Waals surface area contributed by atoms with Crippen molar-refractivity contribution in [2.75, 3.05) is 13.1 Å². The third-order valence-electron chi connectivity index (χ3n) is 7.00. The third-order valence-corrected chi connectivity index (χ3v) is 7.00. The Kier molecular flexibility index (Phi) is 6.07. The number of fused-ring (bicyclic) bond motifs is 1. The lowest BCUT2D eigenvalue weighted by atomic mass is 9.63. The van der Waals surface area contributed by atoms with Crippen molar-refractivity contribution in [1.29, 1.82) is 0 Å². The Morgan fingerprint density at radius 3 is 1.97 bits per heavy atom. The van der Waals surface area contributed by atoms with Crippen molar-refractivity contribution in [2.24, 2.45) is 23.7 Å². The highest BCUT2D eigenvalue weighted by molar-refractivity contribution is 6.06. The number of amides is 3. The van der Waals surface area contributed by atoms with Crippen LogP contribution in [0.3, 0.4) is 0 Å². The molecular formula is C25H32N2O3. The predicted molar refractivity (Wildman–Crippen MR) is 115 cm³/mol. The minimum atomic E-state index is -0.528. The second-order valence-corrected chi connectivity index (χ2v) is 8.90. The molecule has 5 atom stereocenters. The molecule has 5 rings (SSSR count). The molecule has 1 aliphatic heterocycles. The number of benzene rings is 1. The molecule has 5 unspecified atom stereocenters. The smallest absolute Gasteiger partial charge is 0.234 e. The topological polar surface area (TPSA) is 57.7 Å². The molecule has 0 radical (unpaired) electrons. The Hall–Kier alpha value is -2.43. The van der Waals surface area contributed by atoms with E-state index in [1.165, 1.54) is 4.90 Å². The van der Waals surface area contributed by atoms with Crippen LogP contribution in [0.4, 0.5) is 0 Å². The van der Waals surface area contributed by atoms with Crippen molar-refractivity contribution in [3.8, 4) is 0 Å². The van der Waals surface area contributed by atoms with Crippen LogP contribution in [-0.2, 0) is 14.4 Å². The molecule has 1 aromatic rings. The zero-order valence-electron chi connectivity index (χ0n) is 18.0. The van der Waals surface area contributed by atoms with Crippen LogP contribution in [0.1, 0.15) is 57.6 Å². The van der Waals surface area contributed by atoms with E-state index in [1.54, 1.807) is 0 Å². The minimum absolute atomic E-state index is 0.0177. The molecule has 3 aliphatic carbocycles. The Labute approximate surface area is 179 Å². The SMILES string of the molecule is CCCN(CCC)C(=O)CC(c1ccccc1)N1C(=O)C2C3C=CC(CC3)C2C1=O. The van der Waals surface area contributed by atoms with Gasteiger partial charge in [0.25, 0.3) is 0 Å². The van der Waals surface area contributed by atoms with Gasteiger partial charge in [0.15, 0.2) is 0 Å². The summed E-state index contributed by atoms with van der Waals surface area (Å²) >= 11 is 0. The fourth-order valence-corrected chi connectivity index (χ4v) is 5.63. The first-order valence-electron chi connectivity index (χ1n) is 11.4. The quantitative estimate of drug-likeness (QED) is 0.483. The highest BCUT2D eigenvalue weighted by Crippen LogP contribution is 2.51. The standard InChI is InChI=1S/C25H32N2O3/c1-3-14-26(15-4-2)21(28)16-20(17-8-6-5-7-9-17)27-24(29)22-18-10-11-19(13-12-18)23(22)25(27)30/h5-11,18-20,22-23H,3-4,12-16H2,1-2H3. The van der Waals surface area contributed by atoms with Crippen molar-refractivity contribution in [1.82, 2.24) is 9.80 Å². The average molecular weight is 409 g/mol. The van der Waals surface area contributed by atoms with Crippen LogP contribution < -0.4 is 0 Å². The third kappa shape index (κ3) is 3.59. The van der Waals surface area contributed by atoms with Crippen LogP contribution in [0.5, 0.6) is 0 Å². The lowest BCUT2D eigenvalue weighted by Gasteiger charge is -2.38. The van der Waals surface area contributed by atoms with Gasteiger partial charge in [-0.25, -0.2) is 0 Å². The van der Waals surface area contributed by atoms with Crippen molar-refractivity contribution in [2.45, 2.75) is 52.0 Å². The lowest BCUT2D eigenvalue weighted by molar-refractivity contribution is -0.144. The number of likely N-dealkylation sites (tertiary alicyclic amines) is 1. The number of imide groups is 1. The van der Waals surface area contributed by atoms with Gasteiger partial charge in [-0.2, -0.15) is 0 Å². The Morgan fingerprint density at radius 1 is 0.967 bits per heavy atom. The number of rotatable bonds is 8. The van der Waals surface area contributed by atoms with Gasteiger partial charge in [0.2, 0.25) is 17.7 Å². The molecular weight excluding hydrogens is 376 g/mol. The highest BCUT2D eigenvalue weighted by atomic mass is 16.2. The van der Waals surface area contributed by atoms with Crippen LogP contribution in [0.25, 0.3) is 0 Å². The summed E-state index contributed by atoms with van der Waals surface area (Å²) in [6, 6.07) is 9.06. The summed E-state index contributed by atoms with van der Waals surface area (Å²) in [6.07, 6.45) is 8.17. The van der Waals surface area contributed by atoms with Crippen molar-refractivity contribution in [3.63, 3.8) is 0 Å². The molecule has 2 bridgehead atoms. The molecule has 1 saturated heterocycles. The number of carbonyl (C=O) groups excluding carboxylic acids is 3. The minimum Gasteiger partial charge on any atom is -0.343 e. The van der Waals surface area contributed by atoms with Gasteiger partial charge in [0, 0.05) is 13.1 Å². The summed E-state index contributed by atoms with van der Waals surface area (Å²) in [5.74, 6) is -0.319.